The number of nitrogen functional groups attached to an aromatic ring is 1. The van der Waals surface area contributed by atoms with Gasteiger partial charge in [-0.05, 0) is 31.7 Å². The third-order valence-electron chi connectivity index (χ3n) is 3.71. The zero-order valence-corrected chi connectivity index (χ0v) is 11.7. The maximum Gasteiger partial charge on any atom is 0.253 e. The number of hydrogen-bond acceptors (Lipinski definition) is 4. The van der Waals surface area contributed by atoms with Crippen LogP contribution in [0, 0.1) is 5.92 Å². The van der Waals surface area contributed by atoms with Gasteiger partial charge in [0.25, 0.3) is 5.91 Å². The van der Waals surface area contributed by atoms with E-state index in [1.54, 1.807) is 6.07 Å². The van der Waals surface area contributed by atoms with E-state index in [9.17, 15) is 4.79 Å². The van der Waals surface area contributed by atoms with Crippen LogP contribution in [0.5, 0.6) is 0 Å². The number of aromatic nitrogens is 1. The number of hydrazine groups is 1. The summed E-state index contributed by atoms with van der Waals surface area (Å²) in [5.41, 5.74) is 2.82. The number of amides is 1. The number of halogens is 1. The standard InChI is InChI=1S/C13H19ClN4O/c1-8(9-4-2-3-5-9)17-13(19)10-6-11(14)12(18-15)16-7-10/h6-9H,2-5,15H2,1H3,(H,16,18)(H,17,19). The number of carbonyl (C=O) groups is 1. The number of nitrogens with one attached hydrogen (secondary N) is 2. The molecule has 1 aromatic heterocycles. The first-order chi connectivity index (χ1) is 9.11. The highest BCUT2D eigenvalue weighted by Gasteiger charge is 2.23. The number of carbonyl (C=O) groups excluding carboxylic acids is 1. The van der Waals surface area contributed by atoms with Gasteiger partial charge in [-0.3, -0.25) is 4.79 Å². The number of nitrogens with two attached hydrogens (primary N) is 1. The third-order valence-corrected chi connectivity index (χ3v) is 3.99. The van der Waals surface area contributed by atoms with E-state index in [0.717, 1.165) is 0 Å². The molecule has 2 rings (SSSR count). The summed E-state index contributed by atoms with van der Waals surface area (Å²) in [5.74, 6) is 6.05. The van der Waals surface area contributed by atoms with Gasteiger partial charge in [-0.25, -0.2) is 10.8 Å². The van der Waals surface area contributed by atoms with Crippen LogP contribution in [0.25, 0.3) is 0 Å². The number of pyridine rings is 1. The first-order valence-corrected chi connectivity index (χ1v) is 6.92. The van der Waals surface area contributed by atoms with E-state index < -0.39 is 0 Å². The molecule has 1 aliphatic carbocycles. The van der Waals surface area contributed by atoms with Crippen LogP contribution in [-0.4, -0.2) is 16.9 Å². The topological polar surface area (TPSA) is 80.0 Å². The predicted molar refractivity (Wildman–Crippen MR) is 75.9 cm³/mol. The van der Waals surface area contributed by atoms with Crippen LogP contribution in [0.3, 0.4) is 0 Å². The summed E-state index contributed by atoms with van der Waals surface area (Å²) in [5, 5.41) is 3.35. The van der Waals surface area contributed by atoms with Crippen molar-refractivity contribution in [1.29, 1.82) is 0 Å². The molecule has 0 saturated heterocycles. The lowest BCUT2D eigenvalue weighted by Crippen LogP contribution is -2.37. The Hall–Kier alpha value is -1.33. The molecule has 1 aromatic rings. The molecule has 1 amide bonds. The molecule has 6 heteroatoms. The first kappa shape index (κ1) is 14.1. The molecule has 0 radical (unpaired) electrons. The molecule has 4 N–H and O–H groups in total. The first-order valence-electron chi connectivity index (χ1n) is 6.55. The molecule has 0 spiro atoms. The SMILES string of the molecule is CC(NC(=O)c1cnc(NN)c(Cl)c1)C1CCCC1. The number of anilines is 1. The van der Waals surface area contributed by atoms with E-state index in [1.807, 2.05) is 0 Å². The summed E-state index contributed by atoms with van der Waals surface area (Å²) < 4.78 is 0. The van der Waals surface area contributed by atoms with Gasteiger partial charge in [-0.2, -0.15) is 0 Å². The minimum atomic E-state index is -0.141. The summed E-state index contributed by atoms with van der Waals surface area (Å²) in [6.07, 6.45) is 6.37. The Morgan fingerprint density at radius 2 is 2.21 bits per heavy atom. The van der Waals surface area contributed by atoms with Gasteiger partial charge in [0, 0.05) is 12.2 Å². The monoisotopic (exact) mass is 282 g/mol. The van der Waals surface area contributed by atoms with E-state index in [1.165, 1.54) is 31.9 Å². The Kier molecular flexibility index (Phi) is 4.61. The van der Waals surface area contributed by atoms with Crippen molar-refractivity contribution in [3.63, 3.8) is 0 Å². The second-order valence-corrected chi connectivity index (χ2v) is 5.41. The molecule has 0 aliphatic heterocycles. The highest BCUT2D eigenvalue weighted by atomic mass is 35.5. The van der Waals surface area contributed by atoms with Crippen molar-refractivity contribution in [2.75, 3.05) is 5.43 Å². The Bertz CT molecular complexity index is 460. The van der Waals surface area contributed by atoms with Crippen LogP contribution >= 0.6 is 11.6 Å². The van der Waals surface area contributed by atoms with Gasteiger partial charge in [-0.1, -0.05) is 24.4 Å². The quantitative estimate of drug-likeness (QED) is 0.585. The number of nitrogens with zero attached hydrogens (tertiary/aromatic N) is 1. The highest BCUT2D eigenvalue weighted by molar-refractivity contribution is 6.33. The molecule has 1 atom stereocenters. The van der Waals surface area contributed by atoms with Gasteiger partial charge in [-0.15, -0.1) is 0 Å². The summed E-state index contributed by atoms with van der Waals surface area (Å²) >= 11 is 5.95. The van der Waals surface area contributed by atoms with Crippen molar-refractivity contribution >= 4 is 23.3 Å². The van der Waals surface area contributed by atoms with Gasteiger partial charge >= 0.3 is 0 Å². The molecule has 1 fully saturated rings. The molecule has 1 unspecified atom stereocenters. The number of rotatable bonds is 4. The molecule has 1 heterocycles. The van der Waals surface area contributed by atoms with E-state index in [4.69, 9.17) is 17.4 Å². The summed E-state index contributed by atoms with van der Waals surface area (Å²) in [7, 11) is 0. The Morgan fingerprint density at radius 3 is 2.79 bits per heavy atom. The van der Waals surface area contributed by atoms with Crippen LogP contribution < -0.4 is 16.6 Å². The molecule has 5 nitrogen and oxygen atoms in total. The van der Waals surface area contributed by atoms with E-state index >= 15 is 0 Å². The van der Waals surface area contributed by atoms with Crippen LogP contribution in [0.15, 0.2) is 12.3 Å². The molecule has 0 bridgehead atoms. The fraction of sp³-hybridized carbons (Fsp3) is 0.538. The van der Waals surface area contributed by atoms with Crippen molar-refractivity contribution < 1.29 is 4.79 Å². The van der Waals surface area contributed by atoms with Crippen molar-refractivity contribution in [1.82, 2.24) is 10.3 Å². The molecular weight excluding hydrogens is 264 g/mol. The molecular formula is C13H19ClN4O. The average molecular weight is 283 g/mol. The Balaban J connectivity index is 2.01. The fourth-order valence-electron chi connectivity index (χ4n) is 2.53. The van der Waals surface area contributed by atoms with Crippen molar-refractivity contribution in [3.8, 4) is 0 Å². The highest BCUT2D eigenvalue weighted by Crippen LogP contribution is 2.27. The fourth-order valence-corrected chi connectivity index (χ4v) is 2.75. The predicted octanol–water partition coefficient (Wildman–Crippen LogP) is 2.33. The van der Waals surface area contributed by atoms with Gasteiger partial charge in [0.1, 0.15) is 0 Å². The lowest BCUT2D eigenvalue weighted by atomic mass is 9.99. The van der Waals surface area contributed by atoms with Gasteiger partial charge in [0.2, 0.25) is 0 Å². The summed E-state index contributed by atoms with van der Waals surface area (Å²) in [6.45, 7) is 2.05. The molecule has 0 aromatic carbocycles. The largest absolute Gasteiger partial charge is 0.349 e. The van der Waals surface area contributed by atoms with E-state index in [-0.39, 0.29) is 11.9 Å². The van der Waals surface area contributed by atoms with Gasteiger partial charge in [0.05, 0.1) is 10.6 Å². The maximum atomic E-state index is 12.1. The van der Waals surface area contributed by atoms with Crippen molar-refractivity contribution in [3.05, 3.63) is 22.8 Å². The van der Waals surface area contributed by atoms with Gasteiger partial charge in [0.15, 0.2) is 5.82 Å². The average Bonchev–Trinajstić information content (AvgIpc) is 2.92. The summed E-state index contributed by atoms with van der Waals surface area (Å²) in [6, 6.07) is 1.75. The zero-order chi connectivity index (χ0) is 13.8. The third kappa shape index (κ3) is 3.36. The molecule has 1 saturated carbocycles. The van der Waals surface area contributed by atoms with Crippen LogP contribution in [0.2, 0.25) is 5.02 Å². The van der Waals surface area contributed by atoms with Crippen molar-refractivity contribution in [2.45, 2.75) is 38.6 Å². The Morgan fingerprint density at radius 1 is 1.53 bits per heavy atom. The lowest BCUT2D eigenvalue weighted by Gasteiger charge is -2.20. The number of hydrogen-bond donors (Lipinski definition) is 3. The smallest absolute Gasteiger partial charge is 0.253 e. The minimum absolute atomic E-state index is 0.141. The second kappa shape index (κ2) is 6.21. The van der Waals surface area contributed by atoms with E-state index in [0.29, 0.717) is 22.3 Å². The van der Waals surface area contributed by atoms with Gasteiger partial charge < -0.3 is 10.7 Å². The molecule has 104 valence electrons. The Labute approximate surface area is 117 Å². The second-order valence-electron chi connectivity index (χ2n) is 5.01. The zero-order valence-electron chi connectivity index (χ0n) is 10.9. The normalized spacial score (nSPS) is 17.2. The van der Waals surface area contributed by atoms with Crippen LogP contribution in [-0.2, 0) is 0 Å². The van der Waals surface area contributed by atoms with Crippen molar-refractivity contribution in [2.24, 2.45) is 11.8 Å². The maximum absolute atomic E-state index is 12.1. The van der Waals surface area contributed by atoms with Crippen LogP contribution in [0.1, 0.15) is 43.0 Å². The lowest BCUT2D eigenvalue weighted by molar-refractivity contribution is 0.0927. The summed E-state index contributed by atoms with van der Waals surface area (Å²) in [4.78, 5) is 16.1. The molecule has 1 aliphatic rings. The van der Waals surface area contributed by atoms with E-state index in [2.05, 4.69) is 22.7 Å². The molecule has 19 heavy (non-hydrogen) atoms. The van der Waals surface area contributed by atoms with Crippen LogP contribution in [0.4, 0.5) is 5.82 Å². The minimum Gasteiger partial charge on any atom is -0.349 e.